The highest BCUT2D eigenvalue weighted by Gasteiger charge is 2.32. The number of aryl methyl sites for hydroxylation is 1. The third kappa shape index (κ3) is 2.63. The highest BCUT2D eigenvalue weighted by atomic mass is 19.1. The van der Waals surface area contributed by atoms with Gasteiger partial charge in [-0.2, -0.15) is 0 Å². The van der Waals surface area contributed by atoms with Crippen LogP contribution in [0.5, 0.6) is 0 Å². The molecule has 0 aliphatic heterocycles. The van der Waals surface area contributed by atoms with Crippen molar-refractivity contribution < 1.29 is 9.18 Å². The maximum atomic E-state index is 14.0. The van der Waals surface area contributed by atoms with Gasteiger partial charge in [0.2, 0.25) is 0 Å². The zero-order chi connectivity index (χ0) is 14.0. The average Bonchev–Trinajstić information content (AvgIpc) is 2.88. The molecule has 2 rings (SSSR count). The Balaban J connectivity index is 2.21. The van der Waals surface area contributed by atoms with Crippen molar-refractivity contribution in [1.29, 1.82) is 0 Å². The summed E-state index contributed by atoms with van der Waals surface area (Å²) in [4.78, 5) is 14.1. The summed E-state index contributed by atoms with van der Waals surface area (Å²) < 4.78 is 14.0. The van der Waals surface area contributed by atoms with Crippen LogP contribution in [0, 0.1) is 18.7 Å². The van der Waals surface area contributed by atoms with Crippen molar-refractivity contribution >= 4 is 5.91 Å². The number of carbonyl (C=O) groups is 1. The topological polar surface area (TPSA) is 46.3 Å². The molecule has 1 amide bonds. The first kappa shape index (κ1) is 14.0. The lowest BCUT2D eigenvalue weighted by Crippen LogP contribution is -2.41. The van der Waals surface area contributed by atoms with Crippen LogP contribution in [0.15, 0.2) is 18.2 Å². The van der Waals surface area contributed by atoms with Crippen LogP contribution >= 0.6 is 0 Å². The van der Waals surface area contributed by atoms with Crippen LogP contribution in [-0.2, 0) is 0 Å². The SMILES string of the molecule is Cc1cccc(C(=O)N(C)C2CCCC2CN)c1F. The van der Waals surface area contributed by atoms with Crippen LogP contribution in [0.1, 0.15) is 35.2 Å². The molecule has 1 aliphatic carbocycles. The summed E-state index contributed by atoms with van der Waals surface area (Å²) in [6.07, 6.45) is 3.09. The number of nitrogens with zero attached hydrogens (tertiary/aromatic N) is 1. The van der Waals surface area contributed by atoms with Gasteiger partial charge in [-0.15, -0.1) is 0 Å². The molecule has 0 bridgehead atoms. The third-order valence-electron chi connectivity index (χ3n) is 4.16. The molecular formula is C15H21FN2O. The van der Waals surface area contributed by atoms with Crippen LogP contribution in [0.25, 0.3) is 0 Å². The predicted octanol–water partition coefficient (Wildman–Crippen LogP) is 2.33. The summed E-state index contributed by atoms with van der Waals surface area (Å²) in [7, 11) is 1.75. The first-order valence-corrected chi connectivity index (χ1v) is 6.78. The molecule has 104 valence electrons. The van der Waals surface area contributed by atoms with E-state index in [1.807, 2.05) is 0 Å². The summed E-state index contributed by atoms with van der Waals surface area (Å²) in [5.41, 5.74) is 6.40. The monoisotopic (exact) mass is 264 g/mol. The van der Waals surface area contributed by atoms with Gasteiger partial charge in [-0.1, -0.05) is 18.6 Å². The van der Waals surface area contributed by atoms with E-state index in [9.17, 15) is 9.18 Å². The lowest BCUT2D eigenvalue weighted by Gasteiger charge is -2.29. The predicted molar refractivity (Wildman–Crippen MR) is 73.4 cm³/mol. The molecule has 0 heterocycles. The standard InChI is InChI=1S/C15H21FN2O/c1-10-5-3-7-12(14(10)16)15(19)18(2)13-8-4-6-11(13)9-17/h3,5,7,11,13H,4,6,8-9,17H2,1-2H3. The fraction of sp³-hybridized carbons (Fsp3) is 0.533. The van der Waals surface area contributed by atoms with Gasteiger partial charge in [-0.3, -0.25) is 4.79 Å². The second-order valence-electron chi connectivity index (χ2n) is 5.35. The van der Waals surface area contributed by atoms with Gasteiger partial charge in [0.1, 0.15) is 5.82 Å². The number of hydrogen-bond acceptors (Lipinski definition) is 2. The second-order valence-corrected chi connectivity index (χ2v) is 5.35. The molecule has 3 nitrogen and oxygen atoms in total. The summed E-state index contributed by atoms with van der Waals surface area (Å²) >= 11 is 0. The Bertz CT molecular complexity index is 475. The highest BCUT2D eigenvalue weighted by Crippen LogP contribution is 2.29. The number of halogens is 1. The average molecular weight is 264 g/mol. The van der Waals surface area contributed by atoms with Crippen LogP contribution in [-0.4, -0.2) is 30.4 Å². The largest absolute Gasteiger partial charge is 0.338 e. The number of rotatable bonds is 3. The number of amides is 1. The molecule has 0 saturated heterocycles. The molecule has 2 atom stereocenters. The molecule has 19 heavy (non-hydrogen) atoms. The zero-order valence-electron chi connectivity index (χ0n) is 11.5. The van der Waals surface area contributed by atoms with E-state index in [2.05, 4.69) is 0 Å². The van der Waals surface area contributed by atoms with E-state index < -0.39 is 5.82 Å². The van der Waals surface area contributed by atoms with Crippen molar-refractivity contribution in [1.82, 2.24) is 4.90 Å². The van der Waals surface area contributed by atoms with Gasteiger partial charge >= 0.3 is 0 Å². The number of nitrogens with two attached hydrogens (primary N) is 1. The van der Waals surface area contributed by atoms with Gasteiger partial charge < -0.3 is 10.6 Å². The van der Waals surface area contributed by atoms with E-state index in [0.717, 1.165) is 19.3 Å². The summed E-state index contributed by atoms with van der Waals surface area (Å²) in [5.74, 6) is -0.324. The highest BCUT2D eigenvalue weighted by molar-refractivity contribution is 5.94. The first-order valence-electron chi connectivity index (χ1n) is 6.78. The summed E-state index contributed by atoms with van der Waals surface area (Å²) in [6, 6.07) is 5.07. The lowest BCUT2D eigenvalue weighted by atomic mass is 10.0. The Morgan fingerprint density at radius 1 is 1.47 bits per heavy atom. The normalized spacial score (nSPS) is 22.5. The van der Waals surface area contributed by atoms with Crippen molar-refractivity contribution in [3.05, 3.63) is 35.1 Å². The molecule has 0 spiro atoms. The van der Waals surface area contributed by atoms with Gasteiger partial charge in [0.25, 0.3) is 5.91 Å². The molecule has 4 heteroatoms. The number of benzene rings is 1. The number of hydrogen-bond donors (Lipinski definition) is 1. The van der Waals surface area contributed by atoms with E-state index in [0.29, 0.717) is 18.0 Å². The van der Waals surface area contributed by atoms with Crippen molar-refractivity contribution in [3.8, 4) is 0 Å². The summed E-state index contributed by atoms with van der Waals surface area (Å²) in [6.45, 7) is 2.25. The Morgan fingerprint density at radius 2 is 2.21 bits per heavy atom. The van der Waals surface area contributed by atoms with Crippen LogP contribution in [0.2, 0.25) is 0 Å². The maximum absolute atomic E-state index is 14.0. The van der Waals surface area contributed by atoms with E-state index in [-0.39, 0.29) is 17.5 Å². The van der Waals surface area contributed by atoms with Gasteiger partial charge in [-0.05, 0) is 43.9 Å². The third-order valence-corrected chi connectivity index (χ3v) is 4.16. The first-order chi connectivity index (χ1) is 9.06. The fourth-order valence-electron chi connectivity index (χ4n) is 2.96. The van der Waals surface area contributed by atoms with Crippen molar-refractivity contribution in [3.63, 3.8) is 0 Å². The van der Waals surface area contributed by atoms with Crippen molar-refractivity contribution in [2.75, 3.05) is 13.6 Å². The lowest BCUT2D eigenvalue weighted by molar-refractivity contribution is 0.0695. The molecule has 1 fully saturated rings. The smallest absolute Gasteiger partial charge is 0.256 e. The minimum absolute atomic E-state index is 0.136. The van der Waals surface area contributed by atoms with Crippen molar-refractivity contribution in [2.24, 2.45) is 11.7 Å². The van der Waals surface area contributed by atoms with Gasteiger partial charge in [0.15, 0.2) is 0 Å². The van der Waals surface area contributed by atoms with Crippen LogP contribution < -0.4 is 5.73 Å². The Hall–Kier alpha value is -1.42. The Morgan fingerprint density at radius 3 is 2.89 bits per heavy atom. The molecular weight excluding hydrogens is 243 g/mol. The van der Waals surface area contributed by atoms with Crippen LogP contribution in [0.4, 0.5) is 4.39 Å². The molecule has 1 aromatic carbocycles. The quantitative estimate of drug-likeness (QED) is 0.910. The van der Waals surface area contributed by atoms with E-state index >= 15 is 0 Å². The van der Waals surface area contributed by atoms with E-state index in [1.54, 1.807) is 37.1 Å². The van der Waals surface area contributed by atoms with Gasteiger partial charge in [0.05, 0.1) is 5.56 Å². The van der Waals surface area contributed by atoms with E-state index in [1.165, 1.54) is 0 Å². The summed E-state index contributed by atoms with van der Waals surface area (Å²) in [5, 5.41) is 0. The molecule has 2 unspecified atom stereocenters. The molecule has 2 N–H and O–H groups in total. The minimum atomic E-state index is -0.415. The molecule has 0 radical (unpaired) electrons. The Kier molecular flexibility index (Phi) is 4.20. The molecule has 1 aliphatic rings. The second kappa shape index (κ2) is 5.70. The fourth-order valence-corrected chi connectivity index (χ4v) is 2.96. The van der Waals surface area contributed by atoms with E-state index in [4.69, 9.17) is 5.73 Å². The van der Waals surface area contributed by atoms with Crippen LogP contribution in [0.3, 0.4) is 0 Å². The zero-order valence-corrected chi connectivity index (χ0v) is 11.5. The molecule has 1 saturated carbocycles. The Labute approximate surface area is 113 Å². The minimum Gasteiger partial charge on any atom is -0.338 e. The molecule has 0 aromatic heterocycles. The van der Waals surface area contributed by atoms with Crippen molar-refractivity contribution in [2.45, 2.75) is 32.2 Å². The molecule has 1 aromatic rings. The number of carbonyl (C=O) groups excluding carboxylic acids is 1. The van der Waals surface area contributed by atoms with Gasteiger partial charge in [0, 0.05) is 13.1 Å². The van der Waals surface area contributed by atoms with Gasteiger partial charge in [-0.25, -0.2) is 4.39 Å². The maximum Gasteiger partial charge on any atom is 0.256 e.